The second-order valence-corrected chi connectivity index (χ2v) is 2.88. The Hall–Kier alpha value is -0.200. The molecule has 0 spiro atoms. The Morgan fingerprint density at radius 3 is 2.08 bits per heavy atom. The molecule has 0 rings (SSSR count). The number of ether oxygens (including phenoxy) is 1. The van der Waals surface area contributed by atoms with Gasteiger partial charge in [-0.05, 0) is 6.92 Å². The molecule has 0 amide bonds. The molecule has 0 atom stereocenters. The molecule has 0 aliphatic heterocycles. The first kappa shape index (κ1) is 12.8. The van der Waals surface area contributed by atoms with Crippen LogP contribution in [0.15, 0.2) is 0 Å². The number of rotatable bonds is 8. The van der Waals surface area contributed by atoms with Gasteiger partial charge in [-0.1, -0.05) is 0 Å². The van der Waals surface area contributed by atoms with Crippen LogP contribution >= 0.6 is 0 Å². The summed E-state index contributed by atoms with van der Waals surface area (Å²) >= 11 is 0. The van der Waals surface area contributed by atoms with Crippen molar-refractivity contribution in [3.05, 3.63) is 0 Å². The number of hydrogen-bond donors (Lipinski definition) is 4. The quantitative estimate of drug-likeness (QED) is 0.346. The fourth-order valence-electron chi connectivity index (χ4n) is 0.850. The summed E-state index contributed by atoms with van der Waals surface area (Å²) in [6.07, 6.45) is 0. The van der Waals surface area contributed by atoms with E-state index >= 15 is 0 Å². The topological polar surface area (TPSA) is 82.0 Å². The van der Waals surface area contributed by atoms with Crippen molar-refractivity contribution in [2.45, 2.75) is 12.5 Å². The molecule has 0 heterocycles. The first-order valence-electron chi connectivity index (χ1n) is 4.40. The maximum atomic E-state index is 8.91. The molecular formula is C8H19NO4. The van der Waals surface area contributed by atoms with Crippen molar-refractivity contribution >= 4 is 0 Å². The summed E-state index contributed by atoms with van der Waals surface area (Å²) in [7, 11) is 0. The highest BCUT2D eigenvalue weighted by molar-refractivity contribution is 4.85. The van der Waals surface area contributed by atoms with Crippen LogP contribution < -0.4 is 5.32 Å². The molecule has 0 aromatic heterocycles. The standard InChI is InChI=1S/C8H19NO4/c1-2-13-4-3-9-8(5-10,6-11)7-12/h9-12H,2-7H2,1H3. The van der Waals surface area contributed by atoms with Crippen molar-refractivity contribution in [1.82, 2.24) is 5.32 Å². The van der Waals surface area contributed by atoms with Crippen LogP contribution in [-0.2, 0) is 4.74 Å². The molecule has 0 unspecified atom stereocenters. The van der Waals surface area contributed by atoms with Crippen LogP contribution in [0.25, 0.3) is 0 Å². The van der Waals surface area contributed by atoms with Crippen molar-refractivity contribution in [2.75, 3.05) is 39.6 Å². The lowest BCUT2D eigenvalue weighted by molar-refractivity contribution is 0.0355. The van der Waals surface area contributed by atoms with Crippen molar-refractivity contribution in [3.63, 3.8) is 0 Å². The van der Waals surface area contributed by atoms with Gasteiger partial charge < -0.3 is 25.4 Å². The van der Waals surface area contributed by atoms with Crippen LogP contribution in [0.2, 0.25) is 0 Å². The molecule has 0 aromatic carbocycles. The maximum Gasteiger partial charge on any atom is 0.0882 e. The van der Waals surface area contributed by atoms with Gasteiger partial charge in [0.1, 0.15) is 0 Å². The molecule has 0 radical (unpaired) electrons. The molecule has 0 bridgehead atoms. The minimum atomic E-state index is -0.989. The highest BCUT2D eigenvalue weighted by atomic mass is 16.5. The monoisotopic (exact) mass is 193 g/mol. The maximum absolute atomic E-state index is 8.91. The van der Waals surface area contributed by atoms with Gasteiger partial charge in [0.05, 0.1) is 32.0 Å². The summed E-state index contributed by atoms with van der Waals surface area (Å²) in [6.45, 7) is 2.61. The van der Waals surface area contributed by atoms with Gasteiger partial charge >= 0.3 is 0 Å². The fraction of sp³-hybridized carbons (Fsp3) is 1.00. The van der Waals surface area contributed by atoms with E-state index in [0.29, 0.717) is 19.8 Å². The Labute approximate surface area is 78.3 Å². The molecule has 13 heavy (non-hydrogen) atoms. The van der Waals surface area contributed by atoms with Crippen molar-refractivity contribution in [1.29, 1.82) is 0 Å². The minimum absolute atomic E-state index is 0.299. The summed E-state index contributed by atoms with van der Waals surface area (Å²) in [6, 6.07) is 0. The van der Waals surface area contributed by atoms with Gasteiger partial charge in [0.25, 0.3) is 0 Å². The fourth-order valence-corrected chi connectivity index (χ4v) is 0.850. The first-order valence-corrected chi connectivity index (χ1v) is 4.40. The smallest absolute Gasteiger partial charge is 0.0882 e. The highest BCUT2D eigenvalue weighted by Gasteiger charge is 2.26. The predicted octanol–water partition coefficient (Wildman–Crippen LogP) is -1.67. The van der Waals surface area contributed by atoms with Gasteiger partial charge in [-0.3, -0.25) is 0 Å². The summed E-state index contributed by atoms with van der Waals surface area (Å²) in [5.41, 5.74) is -0.989. The van der Waals surface area contributed by atoms with Gasteiger partial charge in [0.15, 0.2) is 0 Å². The Kier molecular flexibility index (Phi) is 7.12. The van der Waals surface area contributed by atoms with Crippen LogP contribution in [0.1, 0.15) is 6.92 Å². The Bertz CT molecular complexity index is 108. The van der Waals surface area contributed by atoms with E-state index in [1.54, 1.807) is 0 Å². The average Bonchev–Trinajstić information content (AvgIpc) is 2.20. The first-order chi connectivity index (χ1) is 6.24. The van der Waals surface area contributed by atoms with E-state index in [-0.39, 0.29) is 19.8 Å². The van der Waals surface area contributed by atoms with E-state index in [1.165, 1.54) is 0 Å². The molecule has 5 heteroatoms. The van der Waals surface area contributed by atoms with E-state index in [9.17, 15) is 0 Å². The van der Waals surface area contributed by atoms with Crippen LogP contribution in [0.3, 0.4) is 0 Å². The lowest BCUT2D eigenvalue weighted by Gasteiger charge is -2.28. The lowest BCUT2D eigenvalue weighted by Crippen LogP contribution is -2.55. The molecule has 5 nitrogen and oxygen atoms in total. The largest absolute Gasteiger partial charge is 0.394 e. The highest BCUT2D eigenvalue weighted by Crippen LogP contribution is 2.00. The molecule has 0 saturated carbocycles. The van der Waals surface area contributed by atoms with Crippen molar-refractivity contribution < 1.29 is 20.1 Å². The van der Waals surface area contributed by atoms with Gasteiger partial charge in [0.2, 0.25) is 0 Å². The second kappa shape index (κ2) is 7.23. The third-order valence-electron chi connectivity index (χ3n) is 1.86. The van der Waals surface area contributed by atoms with Gasteiger partial charge in [-0.15, -0.1) is 0 Å². The third-order valence-corrected chi connectivity index (χ3v) is 1.86. The van der Waals surface area contributed by atoms with Gasteiger partial charge in [0, 0.05) is 13.2 Å². The zero-order valence-corrected chi connectivity index (χ0v) is 7.99. The number of hydrogen-bond acceptors (Lipinski definition) is 5. The minimum Gasteiger partial charge on any atom is -0.394 e. The normalized spacial score (nSPS) is 12.0. The van der Waals surface area contributed by atoms with Gasteiger partial charge in [-0.2, -0.15) is 0 Å². The summed E-state index contributed by atoms with van der Waals surface area (Å²) in [4.78, 5) is 0. The lowest BCUT2D eigenvalue weighted by atomic mass is 10.0. The molecule has 0 saturated heterocycles. The van der Waals surface area contributed by atoms with E-state index in [0.717, 1.165) is 0 Å². The molecule has 4 N–H and O–H groups in total. The van der Waals surface area contributed by atoms with Crippen molar-refractivity contribution in [2.24, 2.45) is 0 Å². The van der Waals surface area contributed by atoms with Crippen molar-refractivity contribution in [3.8, 4) is 0 Å². The summed E-state index contributed by atoms with van der Waals surface area (Å²) < 4.78 is 5.05. The zero-order valence-electron chi connectivity index (χ0n) is 7.99. The zero-order chi connectivity index (χ0) is 10.2. The number of nitrogens with one attached hydrogen (secondary N) is 1. The molecule has 80 valence electrons. The molecular weight excluding hydrogens is 174 g/mol. The average molecular weight is 193 g/mol. The Morgan fingerprint density at radius 2 is 1.69 bits per heavy atom. The van der Waals surface area contributed by atoms with Gasteiger partial charge in [-0.25, -0.2) is 0 Å². The molecule has 0 aromatic rings. The van der Waals surface area contributed by atoms with Crippen LogP contribution in [0, 0.1) is 0 Å². The van der Waals surface area contributed by atoms with E-state index in [1.807, 2.05) is 6.92 Å². The summed E-state index contributed by atoms with van der Waals surface area (Å²) in [5.74, 6) is 0. The Morgan fingerprint density at radius 1 is 1.15 bits per heavy atom. The number of aliphatic hydroxyl groups is 3. The van der Waals surface area contributed by atoms with E-state index in [2.05, 4.69) is 5.32 Å². The third kappa shape index (κ3) is 4.54. The SMILES string of the molecule is CCOCCNC(CO)(CO)CO. The summed E-state index contributed by atoms with van der Waals surface area (Å²) in [5, 5.41) is 29.6. The second-order valence-electron chi connectivity index (χ2n) is 2.88. The van der Waals surface area contributed by atoms with Crippen LogP contribution in [0.5, 0.6) is 0 Å². The van der Waals surface area contributed by atoms with E-state index in [4.69, 9.17) is 20.1 Å². The van der Waals surface area contributed by atoms with Crippen LogP contribution in [-0.4, -0.2) is 60.4 Å². The molecule has 0 fully saturated rings. The predicted molar refractivity (Wildman–Crippen MR) is 48.5 cm³/mol. The van der Waals surface area contributed by atoms with E-state index < -0.39 is 5.54 Å². The Balaban J connectivity index is 3.68. The van der Waals surface area contributed by atoms with Crippen LogP contribution in [0.4, 0.5) is 0 Å². The molecule has 0 aliphatic carbocycles. The number of aliphatic hydroxyl groups excluding tert-OH is 3. The molecule has 0 aliphatic rings.